The monoisotopic (exact) mass is 258 g/mol. The number of carbonyl (C=O) groups is 1. The number of ether oxygens (including phenoxy) is 1. The van der Waals surface area contributed by atoms with Crippen molar-refractivity contribution < 1.29 is 14.6 Å². The Bertz CT molecular complexity index is 261. The van der Waals surface area contributed by atoms with E-state index in [4.69, 9.17) is 0 Å². The Morgan fingerprint density at radius 1 is 1.50 bits per heavy atom. The lowest BCUT2D eigenvalue weighted by Gasteiger charge is -2.35. The molecule has 0 aromatic rings. The van der Waals surface area contributed by atoms with Gasteiger partial charge in [0.25, 0.3) is 0 Å². The van der Waals surface area contributed by atoms with Crippen LogP contribution in [0.25, 0.3) is 0 Å². The summed E-state index contributed by atoms with van der Waals surface area (Å²) < 4.78 is 4.61. The average Bonchev–Trinajstić information content (AvgIpc) is 2.36. The molecule has 1 atom stereocenters. The van der Waals surface area contributed by atoms with Crippen LogP contribution >= 0.6 is 0 Å². The molecule has 1 saturated heterocycles. The highest BCUT2D eigenvalue weighted by molar-refractivity contribution is 5.78. The summed E-state index contributed by atoms with van der Waals surface area (Å²) in [6, 6.07) is 0. The van der Waals surface area contributed by atoms with Crippen LogP contribution in [0, 0.1) is 5.92 Å². The second-order valence-corrected chi connectivity index (χ2v) is 5.29. The zero-order chi connectivity index (χ0) is 13.6. The van der Waals surface area contributed by atoms with Crippen molar-refractivity contribution >= 4 is 5.97 Å². The molecule has 0 aromatic carbocycles. The standard InChI is InChI=1S/C13H26N2O3/c1-4-14-9-11-5-7-15(8-6-11)10-13(2,17)12(16)18-3/h11,14,17H,4-10H2,1-3H3. The molecule has 0 aliphatic carbocycles. The highest BCUT2D eigenvalue weighted by atomic mass is 16.5. The summed E-state index contributed by atoms with van der Waals surface area (Å²) in [7, 11) is 1.31. The second kappa shape index (κ2) is 7.07. The molecule has 106 valence electrons. The van der Waals surface area contributed by atoms with Crippen LogP contribution in [0.2, 0.25) is 0 Å². The third kappa shape index (κ3) is 4.55. The van der Waals surface area contributed by atoms with Crippen LogP contribution < -0.4 is 5.32 Å². The summed E-state index contributed by atoms with van der Waals surface area (Å²) in [6.45, 7) is 7.93. The van der Waals surface area contributed by atoms with Gasteiger partial charge in [0.15, 0.2) is 5.60 Å². The first kappa shape index (κ1) is 15.4. The molecule has 0 amide bonds. The van der Waals surface area contributed by atoms with E-state index in [1.54, 1.807) is 0 Å². The number of esters is 1. The number of hydrogen-bond donors (Lipinski definition) is 2. The van der Waals surface area contributed by atoms with Crippen LogP contribution in [0.3, 0.4) is 0 Å². The molecule has 1 rings (SSSR count). The molecule has 5 nitrogen and oxygen atoms in total. The summed E-state index contributed by atoms with van der Waals surface area (Å²) in [6.07, 6.45) is 2.23. The number of hydrogen-bond acceptors (Lipinski definition) is 5. The quantitative estimate of drug-likeness (QED) is 0.668. The lowest BCUT2D eigenvalue weighted by molar-refractivity contribution is -0.162. The molecular formula is C13H26N2O3. The van der Waals surface area contributed by atoms with E-state index in [1.807, 2.05) is 0 Å². The molecule has 0 aromatic heterocycles. The van der Waals surface area contributed by atoms with Gasteiger partial charge in [0.1, 0.15) is 0 Å². The summed E-state index contributed by atoms with van der Waals surface area (Å²) >= 11 is 0. The van der Waals surface area contributed by atoms with Gasteiger partial charge in [-0.25, -0.2) is 4.79 Å². The van der Waals surface area contributed by atoms with Crippen molar-refractivity contribution in [2.24, 2.45) is 5.92 Å². The zero-order valence-corrected chi connectivity index (χ0v) is 11.7. The third-order valence-corrected chi connectivity index (χ3v) is 3.55. The van der Waals surface area contributed by atoms with Gasteiger partial charge in [-0.05, 0) is 51.9 Å². The highest BCUT2D eigenvalue weighted by Crippen LogP contribution is 2.19. The van der Waals surface area contributed by atoms with E-state index in [0.717, 1.165) is 39.0 Å². The smallest absolute Gasteiger partial charge is 0.338 e. The van der Waals surface area contributed by atoms with E-state index in [9.17, 15) is 9.90 Å². The Hall–Kier alpha value is -0.650. The van der Waals surface area contributed by atoms with Crippen molar-refractivity contribution in [2.45, 2.75) is 32.3 Å². The lowest BCUT2D eigenvalue weighted by Crippen LogP contribution is -2.50. The summed E-state index contributed by atoms with van der Waals surface area (Å²) in [4.78, 5) is 13.5. The summed E-state index contributed by atoms with van der Waals surface area (Å²) in [5.41, 5.74) is -1.40. The van der Waals surface area contributed by atoms with Crippen LogP contribution in [0.4, 0.5) is 0 Å². The number of likely N-dealkylation sites (tertiary alicyclic amines) is 1. The van der Waals surface area contributed by atoms with Crippen molar-refractivity contribution in [1.29, 1.82) is 0 Å². The number of nitrogens with one attached hydrogen (secondary N) is 1. The molecule has 1 unspecified atom stereocenters. The number of β-amino-alcohol motifs (C(OH)–C–C–N with tert-alkyl or cyclic N) is 1. The fraction of sp³-hybridized carbons (Fsp3) is 0.923. The van der Waals surface area contributed by atoms with Gasteiger partial charge < -0.3 is 15.2 Å². The van der Waals surface area contributed by atoms with Gasteiger partial charge >= 0.3 is 5.97 Å². The predicted molar refractivity (Wildman–Crippen MR) is 70.3 cm³/mol. The summed E-state index contributed by atoms with van der Waals surface area (Å²) in [5, 5.41) is 13.4. The Morgan fingerprint density at radius 3 is 2.61 bits per heavy atom. The third-order valence-electron chi connectivity index (χ3n) is 3.55. The molecule has 1 aliphatic heterocycles. The Labute approximate surface area is 109 Å². The minimum absolute atomic E-state index is 0.355. The fourth-order valence-electron chi connectivity index (χ4n) is 2.42. The van der Waals surface area contributed by atoms with Gasteiger partial charge in [-0.2, -0.15) is 0 Å². The molecule has 18 heavy (non-hydrogen) atoms. The second-order valence-electron chi connectivity index (χ2n) is 5.29. The van der Waals surface area contributed by atoms with Crippen molar-refractivity contribution in [3.8, 4) is 0 Å². The molecule has 0 radical (unpaired) electrons. The van der Waals surface area contributed by atoms with E-state index >= 15 is 0 Å². The number of nitrogens with zero attached hydrogens (tertiary/aromatic N) is 1. The molecular weight excluding hydrogens is 232 g/mol. The Balaban J connectivity index is 2.33. The van der Waals surface area contributed by atoms with E-state index in [2.05, 4.69) is 21.9 Å². The fourth-order valence-corrected chi connectivity index (χ4v) is 2.42. The molecule has 1 aliphatic rings. The van der Waals surface area contributed by atoms with Crippen molar-refractivity contribution in [1.82, 2.24) is 10.2 Å². The SMILES string of the molecule is CCNCC1CCN(CC(C)(O)C(=O)OC)CC1. The zero-order valence-electron chi connectivity index (χ0n) is 11.7. The first-order chi connectivity index (χ1) is 8.49. The predicted octanol–water partition coefficient (Wildman–Crippen LogP) is 0.232. The van der Waals surface area contributed by atoms with Crippen molar-refractivity contribution in [3.63, 3.8) is 0 Å². The largest absolute Gasteiger partial charge is 0.467 e. The van der Waals surface area contributed by atoms with Gasteiger partial charge in [-0.1, -0.05) is 6.92 Å². The van der Waals surface area contributed by atoms with Gasteiger partial charge in [0, 0.05) is 6.54 Å². The van der Waals surface area contributed by atoms with Gasteiger partial charge in [0.2, 0.25) is 0 Å². The maximum Gasteiger partial charge on any atom is 0.338 e. The molecule has 1 heterocycles. The molecule has 0 saturated carbocycles. The van der Waals surface area contributed by atoms with Crippen LogP contribution in [-0.4, -0.2) is 61.4 Å². The Kier molecular flexibility index (Phi) is 6.05. The summed E-state index contributed by atoms with van der Waals surface area (Å²) in [5.74, 6) is 0.154. The van der Waals surface area contributed by atoms with Gasteiger partial charge in [-0.3, -0.25) is 4.90 Å². The lowest BCUT2D eigenvalue weighted by atomic mass is 9.95. The maximum absolute atomic E-state index is 11.4. The normalized spacial score (nSPS) is 21.6. The van der Waals surface area contributed by atoms with Crippen molar-refractivity contribution in [3.05, 3.63) is 0 Å². The van der Waals surface area contributed by atoms with E-state index in [0.29, 0.717) is 12.5 Å². The maximum atomic E-state index is 11.4. The number of aliphatic hydroxyl groups is 1. The number of carbonyl (C=O) groups excluding carboxylic acids is 1. The van der Waals surface area contributed by atoms with Gasteiger partial charge in [0.05, 0.1) is 7.11 Å². The first-order valence-electron chi connectivity index (χ1n) is 6.73. The van der Waals surface area contributed by atoms with E-state index in [-0.39, 0.29) is 0 Å². The molecule has 5 heteroatoms. The minimum atomic E-state index is -1.40. The first-order valence-corrected chi connectivity index (χ1v) is 6.73. The van der Waals surface area contributed by atoms with Crippen LogP contribution in [0.1, 0.15) is 26.7 Å². The Morgan fingerprint density at radius 2 is 2.11 bits per heavy atom. The molecule has 1 fully saturated rings. The average molecular weight is 258 g/mol. The highest BCUT2D eigenvalue weighted by Gasteiger charge is 2.34. The topological polar surface area (TPSA) is 61.8 Å². The molecule has 0 bridgehead atoms. The van der Waals surface area contributed by atoms with E-state index in [1.165, 1.54) is 14.0 Å². The van der Waals surface area contributed by atoms with Gasteiger partial charge in [-0.15, -0.1) is 0 Å². The number of methoxy groups -OCH3 is 1. The van der Waals surface area contributed by atoms with Crippen LogP contribution in [0.5, 0.6) is 0 Å². The molecule has 2 N–H and O–H groups in total. The number of piperidine rings is 1. The number of rotatable bonds is 6. The van der Waals surface area contributed by atoms with Crippen LogP contribution in [-0.2, 0) is 9.53 Å². The molecule has 0 spiro atoms. The van der Waals surface area contributed by atoms with E-state index < -0.39 is 11.6 Å². The van der Waals surface area contributed by atoms with Crippen LogP contribution in [0.15, 0.2) is 0 Å². The van der Waals surface area contributed by atoms with Crippen molar-refractivity contribution in [2.75, 3.05) is 39.8 Å². The minimum Gasteiger partial charge on any atom is -0.467 e.